The summed E-state index contributed by atoms with van der Waals surface area (Å²) in [5.74, 6) is 1.10. The Morgan fingerprint density at radius 2 is 2.00 bits per heavy atom. The minimum Gasteiger partial charge on any atom is -0.493 e. The average molecular weight is 370 g/mol. The largest absolute Gasteiger partial charge is 0.493 e. The minimum atomic E-state index is -0.127. The summed E-state index contributed by atoms with van der Waals surface area (Å²) >= 11 is 1.61. The summed E-state index contributed by atoms with van der Waals surface area (Å²) in [5, 5.41) is 0.917. The normalized spacial score (nSPS) is 12.0. The molecule has 0 bridgehead atoms. The van der Waals surface area contributed by atoms with Gasteiger partial charge in [-0.15, -0.1) is 11.3 Å². The third-order valence-electron chi connectivity index (χ3n) is 4.28. The molecule has 26 heavy (non-hydrogen) atoms. The van der Waals surface area contributed by atoms with Crippen molar-refractivity contribution in [2.75, 3.05) is 20.8 Å². The van der Waals surface area contributed by atoms with Crippen LogP contribution >= 0.6 is 11.3 Å². The van der Waals surface area contributed by atoms with Crippen molar-refractivity contribution >= 4 is 27.5 Å². The Labute approximate surface area is 157 Å². The van der Waals surface area contributed by atoms with Crippen molar-refractivity contribution < 1.29 is 14.3 Å². The maximum absolute atomic E-state index is 12.9. The maximum Gasteiger partial charge on any atom is 0.254 e. The van der Waals surface area contributed by atoms with Gasteiger partial charge in [0, 0.05) is 12.6 Å². The number of hydrogen-bond donors (Lipinski definition) is 0. The lowest BCUT2D eigenvalue weighted by molar-refractivity contribution is 0.0742. The van der Waals surface area contributed by atoms with E-state index in [9.17, 15) is 4.79 Å². The second-order valence-corrected chi connectivity index (χ2v) is 6.97. The van der Waals surface area contributed by atoms with Gasteiger partial charge < -0.3 is 14.4 Å². The Hall–Kier alpha value is -2.60. The summed E-state index contributed by atoms with van der Waals surface area (Å²) in [6.07, 6.45) is 0. The topological polar surface area (TPSA) is 51.7 Å². The number of ether oxygens (including phenoxy) is 2. The van der Waals surface area contributed by atoms with Crippen LogP contribution in [0.25, 0.3) is 10.2 Å². The first-order valence-corrected chi connectivity index (χ1v) is 9.30. The molecular weight excluding hydrogens is 348 g/mol. The van der Waals surface area contributed by atoms with Crippen LogP contribution in [0.5, 0.6) is 11.5 Å². The van der Waals surface area contributed by atoms with Crippen LogP contribution in [0.4, 0.5) is 0 Å². The molecule has 5 nitrogen and oxygen atoms in total. The quantitative estimate of drug-likeness (QED) is 0.639. The zero-order chi connectivity index (χ0) is 18.7. The number of nitrogens with zero attached hydrogens (tertiary/aromatic N) is 2. The van der Waals surface area contributed by atoms with Crippen molar-refractivity contribution in [1.82, 2.24) is 9.88 Å². The Balaban J connectivity index is 1.84. The van der Waals surface area contributed by atoms with Gasteiger partial charge in [-0.3, -0.25) is 4.79 Å². The van der Waals surface area contributed by atoms with Crippen LogP contribution in [0, 0.1) is 0 Å². The number of thiazole rings is 1. The lowest BCUT2D eigenvalue weighted by atomic mass is 10.1. The molecule has 2 aromatic carbocycles. The van der Waals surface area contributed by atoms with Gasteiger partial charge in [-0.05, 0) is 44.2 Å². The van der Waals surface area contributed by atoms with Crippen molar-refractivity contribution in [2.45, 2.75) is 19.9 Å². The summed E-state index contributed by atoms with van der Waals surface area (Å²) in [6.45, 7) is 4.44. The second-order valence-electron chi connectivity index (χ2n) is 5.91. The number of rotatable bonds is 6. The van der Waals surface area contributed by atoms with E-state index in [0.717, 1.165) is 15.2 Å². The van der Waals surface area contributed by atoms with E-state index in [2.05, 4.69) is 4.98 Å². The second kappa shape index (κ2) is 7.74. The highest BCUT2D eigenvalue weighted by atomic mass is 32.1. The summed E-state index contributed by atoms with van der Waals surface area (Å²) in [6, 6.07) is 13.1. The molecule has 0 saturated carbocycles. The highest BCUT2D eigenvalue weighted by molar-refractivity contribution is 7.18. The molecule has 0 radical (unpaired) electrons. The van der Waals surface area contributed by atoms with E-state index in [4.69, 9.17) is 9.47 Å². The smallest absolute Gasteiger partial charge is 0.254 e. The Kier molecular flexibility index (Phi) is 5.42. The highest BCUT2D eigenvalue weighted by Crippen LogP contribution is 2.31. The Morgan fingerprint density at radius 1 is 1.23 bits per heavy atom. The fraction of sp³-hybridized carbons (Fsp3) is 0.300. The summed E-state index contributed by atoms with van der Waals surface area (Å²) in [7, 11) is 3.36. The number of benzene rings is 2. The van der Waals surface area contributed by atoms with Gasteiger partial charge in [0.15, 0.2) is 11.5 Å². The van der Waals surface area contributed by atoms with Crippen molar-refractivity contribution in [3.63, 3.8) is 0 Å². The SMILES string of the molecule is CCOc1ccc(C(=O)N(C)[C@@H](C)c2nc3ccccc3s2)cc1OC. The fourth-order valence-electron chi connectivity index (χ4n) is 2.69. The number of amides is 1. The number of carbonyl (C=O) groups excluding carboxylic acids is 1. The molecule has 0 aliphatic rings. The molecule has 0 saturated heterocycles. The zero-order valence-electron chi connectivity index (χ0n) is 15.4. The first kappa shape index (κ1) is 18.2. The molecule has 1 amide bonds. The van der Waals surface area contributed by atoms with Gasteiger partial charge in [0.1, 0.15) is 5.01 Å². The van der Waals surface area contributed by atoms with Crippen molar-refractivity contribution in [2.24, 2.45) is 0 Å². The van der Waals surface area contributed by atoms with Crippen molar-refractivity contribution in [3.8, 4) is 11.5 Å². The average Bonchev–Trinajstić information content (AvgIpc) is 3.11. The van der Waals surface area contributed by atoms with E-state index in [1.165, 1.54) is 0 Å². The molecule has 1 atom stereocenters. The molecule has 3 aromatic rings. The van der Waals surface area contributed by atoms with E-state index in [0.29, 0.717) is 23.7 Å². The van der Waals surface area contributed by atoms with E-state index < -0.39 is 0 Å². The Bertz CT molecular complexity index is 889. The van der Waals surface area contributed by atoms with Gasteiger partial charge in [0.25, 0.3) is 5.91 Å². The zero-order valence-corrected chi connectivity index (χ0v) is 16.2. The molecule has 0 unspecified atom stereocenters. The molecule has 6 heteroatoms. The molecular formula is C20H22N2O3S. The number of carbonyl (C=O) groups is 1. The molecule has 0 aliphatic heterocycles. The van der Waals surface area contributed by atoms with Crippen LogP contribution in [0.1, 0.15) is 35.3 Å². The third kappa shape index (κ3) is 3.51. The van der Waals surface area contributed by atoms with E-state index >= 15 is 0 Å². The van der Waals surface area contributed by atoms with Gasteiger partial charge >= 0.3 is 0 Å². The number of hydrogen-bond acceptors (Lipinski definition) is 5. The van der Waals surface area contributed by atoms with Crippen LogP contribution < -0.4 is 9.47 Å². The lowest BCUT2D eigenvalue weighted by Gasteiger charge is -2.23. The van der Waals surface area contributed by atoms with Gasteiger partial charge in [-0.2, -0.15) is 0 Å². The van der Waals surface area contributed by atoms with Gasteiger partial charge in [0.2, 0.25) is 0 Å². The summed E-state index contributed by atoms with van der Waals surface area (Å²) in [5.41, 5.74) is 1.52. The van der Waals surface area contributed by atoms with E-state index in [1.54, 1.807) is 48.6 Å². The molecule has 1 heterocycles. The van der Waals surface area contributed by atoms with Crippen LogP contribution in [0.2, 0.25) is 0 Å². The first-order chi connectivity index (χ1) is 12.5. The number of methoxy groups -OCH3 is 1. The fourth-order valence-corrected chi connectivity index (χ4v) is 3.75. The molecule has 136 valence electrons. The predicted octanol–water partition coefficient (Wildman–Crippen LogP) is 4.54. The van der Waals surface area contributed by atoms with E-state index in [-0.39, 0.29) is 11.9 Å². The first-order valence-electron chi connectivity index (χ1n) is 8.48. The molecule has 0 aliphatic carbocycles. The predicted molar refractivity (Wildman–Crippen MR) is 104 cm³/mol. The number of aromatic nitrogens is 1. The maximum atomic E-state index is 12.9. The third-order valence-corrected chi connectivity index (χ3v) is 5.49. The van der Waals surface area contributed by atoms with Crippen molar-refractivity contribution in [3.05, 3.63) is 53.0 Å². The van der Waals surface area contributed by atoms with Crippen LogP contribution in [-0.2, 0) is 0 Å². The number of fused-ring (bicyclic) bond motifs is 1. The van der Waals surface area contributed by atoms with Crippen LogP contribution in [0.15, 0.2) is 42.5 Å². The summed E-state index contributed by atoms with van der Waals surface area (Å²) < 4.78 is 12.0. The molecule has 1 aromatic heterocycles. The van der Waals surface area contributed by atoms with Crippen LogP contribution in [0.3, 0.4) is 0 Å². The standard InChI is InChI=1S/C20H22N2O3S/c1-5-25-16-11-10-14(12-17(16)24-4)20(23)22(3)13(2)19-21-15-8-6-7-9-18(15)26-19/h6-13H,5H2,1-4H3/t13-/m0/s1. The van der Waals surface area contributed by atoms with Crippen LogP contribution in [-0.4, -0.2) is 36.6 Å². The Morgan fingerprint density at radius 3 is 2.69 bits per heavy atom. The van der Waals surface area contributed by atoms with Gasteiger partial charge in [-0.25, -0.2) is 4.98 Å². The lowest BCUT2D eigenvalue weighted by Crippen LogP contribution is -2.29. The summed E-state index contributed by atoms with van der Waals surface area (Å²) in [4.78, 5) is 19.3. The molecule has 0 fully saturated rings. The van der Waals surface area contributed by atoms with Gasteiger partial charge in [0.05, 0.1) is 30.0 Å². The minimum absolute atomic E-state index is 0.0851. The van der Waals surface area contributed by atoms with Crippen molar-refractivity contribution in [1.29, 1.82) is 0 Å². The highest BCUT2D eigenvalue weighted by Gasteiger charge is 2.22. The van der Waals surface area contributed by atoms with Gasteiger partial charge in [-0.1, -0.05) is 12.1 Å². The molecule has 0 N–H and O–H groups in total. The molecule has 0 spiro atoms. The monoisotopic (exact) mass is 370 g/mol. The number of para-hydroxylation sites is 1. The van der Waals surface area contributed by atoms with E-state index in [1.807, 2.05) is 38.1 Å². The molecule has 3 rings (SSSR count).